The Morgan fingerprint density at radius 3 is 2.95 bits per heavy atom. The van der Waals surface area contributed by atoms with E-state index in [1.54, 1.807) is 0 Å². The standard InChI is InChI=1S/C15H20N4O/c20-15(12-6-2-1-3-7-12)16-10-9-14-18-17-13-8-4-5-11-19(13)14/h4-5,8,11-12H,1-3,6-7,9-10H2,(H,16,20). The molecule has 20 heavy (non-hydrogen) atoms. The summed E-state index contributed by atoms with van der Waals surface area (Å²) in [7, 11) is 0. The van der Waals surface area contributed by atoms with Gasteiger partial charge in [0, 0.05) is 25.1 Å². The van der Waals surface area contributed by atoms with Crippen LogP contribution in [0.4, 0.5) is 0 Å². The summed E-state index contributed by atoms with van der Waals surface area (Å²) in [5.74, 6) is 1.32. The molecule has 106 valence electrons. The Morgan fingerprint density at radius 2 is 2.10 bits per heavy atom. The molecule has 5 nitrogen and oxygen atoms in total. The smallest absolute Gasteiger partial charge is 0.223 e. The highest BCUT2D eigenvalue weighted by Crippen LogP contribution is 2.23. The first-order chi connectivity index (χ1) is 9.84. The quantitative estimate of drug-likeness (QED) is 0.925. The third-order valence-corrected chi connectivity index (χ3v) is 4.01. The normalized spacial score (nSPS) is 16.4. The first-order valence-corrected chi connectivity index (χ1v) is 7.41. The Balaban J connectivity index is 1.53. The van der Waals surface area contributed by atoms with Crippen LogP contribution < -0.4 is 5.32 Å². The van der Waals surface area contributed by atoms with Crippen molar-refractivity contribution in [3.63, 3.8) is 0 Å². The highest BCUT2D eigenvalue weighted by molar-refractivity contribution is 5.78. The summed E-state index contributed by atoms with van der Waals surface area (Å²) in [6, 6.07) is 5.83. The van der Waals surface area contributed by atoms with Crippen LogP contribution in [0.15, 0.2) is 24.4 Å². The highest BCUT2D eigenvalue weighted by Gasteiger charge is 2.20. The number of pyridine rings is 1. The molecule has 5 heteroatoms. The monoisotopic (exact) mass is 272 g/mol. The molecule has 0 aliphatic heterocycles. The molecule has 0 bridgehead atoms. The molecule has 1 N–H and O–H groups in total. The van der Waals surface area contributed by atoms with E-state index in [-0.39, 0.29) is 11.8 Å². The molecule has 0 radical (unpaired) electrons. The van der Waals surface area contributed by atoms with E-state index in [0.29, 0.717) is 13.0 Å². The summed E-state index contributed by atoms with van der Waals surface area (Å²) in [6.45, 7) is 0.630. The van der Waals surface area contributed by atoms with Crippen LogP contribution in [0.2, 0.25) is 0 Å². The largest absolute Gasteiger partial charge is 0.355 e. The van der Waals surface area contributed by atoms with Crippen molar-refractivity contribution in [1.82, 2.24) is 19.9 Å². The predicted molar refractivity (Wildman–Crippen MR) is 76.3 cm³/mol. The van der Waals surface area contributed by atoms with E-state index in [2.05, 4.69) is 15.5 Å². The number of nitrogens with zero attached hydrogens (tertiary/aromatic N) is 3. The van der Waals surface area contributed by atoms with E-state index in [1.165, 1.54) is 19.3 Å². The van der Waals surface area contributed by atoms with Gasteiger partial charge in [-0.1, -0.05) is 25.3 Å². The van der Waals surface area contributed by atoms with Crippen molar-refractivity contribution >= 4 is 11.6 Å². The lowest BCUT2D eigenvalue weighted by Crippen LogP contribution is -2.33. The number of hydrogen-bond acceptors (Lipinski definition) is 3. The Kier molecular flexibility index (Phi) is 3.95. The maximum atomic E-state index is 12.0. The van der Waals surface area contributed by atoms with Gasteiger partial charge in [-0.25, -0.2) is 0 Å². The molecular formula is C15H20N4O. The number of carbonyl (C=O) groups excluding carboxylic acids is 1. The summed E-state index contributed by atoms with van der Waals surface area (Å²) in [5, 5.41) is 11.3. The summed E-state index contributed by atoms with van der Waals surface area (Å²) < 4.78 is 1.97. The molecule has 0 aromatic carbocycles. The van der Waals surface area contributed by atoms with Gasteiger partial charge < -0.3 is 5.32 Å². The lowest BCUT2D eigenvalue weighted by atomic mass is 9.89. The highest BCUT2D eigenvalue weighted by atomic mass is 16.1. The van der Waals surface area contributed by atoms with Crippen molar-refractivity contribution in [2.24, 2.45) is 5.92 Å². The number of carbonyl (C=O) groups is 1. The van der Waals surface area contributed by atoms with Crippen LogP contribution in [-0.4, -0.2) is 27.0 Å². The average Bonchev–Trinajstić information content (AvgIpc) is 2.92. The molecule has 0 unspecified atom stereocenters. The molecule has 1 aliphatic carbocycles. The number of aromatic nitrogens is 3. The van der Waals surface area contributed by atoms with Crippen molar-refractivity contribution in [2.75, 3.05) is 6.54 Å². The Bertz CT molecular complexity index is 586. The molecule has 1 aliphatic rings. The lowest BCUT2D eigenvalue weighted by molar-refractivity contribution is -0.125. The minimum atomic E-state index is 0.207. The third kappa shape index (κ3) is 2.81. The summed E-state index contributed by atoms with van der Waals surface area (Å²) in [4.78, 5) is 12.0. The summed E-state index contributed by atoms with van der Waals surface area (Å²) in [6.07, 6.45) is 8.39. The van der Waals surface area contributed by atoms with E-state index >= 15 is 0 Å². The van der Waals surface area contributed by atoms with Crippen molar-refractivity contribution in [3.05, 3.63) is 30.2 Å². The first kappa shape index (κ1) is 13.1. The zero-order valence-electron chi connectivity index (χ0n) is 11.6. The minimum Gasteiger partial charge on any atom is -0.355 e. The number of rotatable bonds is 4. The molecule has 1 saturated carbocycles. The van der Waals surface area contributed by atoms with Crippen LogP contribution >= 0.6 is 0 Å². The fourth-order valence-corrected chi connectivity index (χ4v) is 2.87. The van der Waals surface area contributed by atoms with Gasteiger partial charge in [0.25, 0.3) is 0 Å². The van der Waals surface area contributed by atoms with Gasteiger partial charge in [-0.05, 0) is 25.0 Å². The Labute approximate surface area is 118 Å². The van der Waals surface area contributed by atoms with Gasteiger partial charge >= 0.3 is 0 Å². The first-order valence-electron chi connectivity index (χ1n) is 7.41. The zero-order chi connectivity index (χ0) is 13.8. The maximum Gasteiger partial charge on any atom is 0.223 e. The zero-order valence-corrected chi connectivity index (χ0v) is 11.6. The Morgan fingerprint density at radius 1 is 1.25 bits per heavy atom. The average molecular weight is 272 g/mol. The number of fused-ring (bicyclic) bond motifs is 1. The topological polar surface area (TPSA) is 59.3 Å². The second-order valence-electron chi connectivity index (χ2n) is 5.42. The van der Waals surface area contributed by atoms with Gasteiger partial charge in [0.1, 0.15) is 5.82 Å². The predicted octanol–water partition coefficient (Wildman–Crippen LogP) is 1.97. The van der Waals surface area contributed by atoms with Crippen molar-refractivity contribution in [3.8, 4) is 0 Å². The van der Waals surface area contributed by atoms with Gasteiger partial charge in [-0.15, -0.1) is 10.2 Å². The Hall–Kier alpha value is -1.91. The second kappa shape index (κ2) is 6.03. The SMILES string of the molecule is O=C(NCCc1nnc2ccccn12)C1CCCCC1. The second-order valence-corrected chi connectivity index (χ2v) is 5.42. The van der Waals surface area contributed by atoms with Crippen LogP contribution in [-0.2, 0) is 11.2 Å². The lowest BCUT2D eigenvalue weighted by Gasteiger charge is -2.20. The molecule has 0 spiro atoms. The molecule has 0 atom stereocenters. The molecule has 2 aromatic rings. The maximum absolute atomic E-state index is 12.0. The van der Waals surface area contributed by atoms with E-state index < -0.39 is 0 Å². The van der Waals surface area contributed by atoms with Crippen LogP contribution in [0.3, 0.4) is 0 Å². The van der Waals surface area contributed by atoms with Crippen LogP contribution in [0.25, 0.3) is 5.65 Å². The molecule has 2 heterocycles. The molecule has 3 rings (SSSR count). The number of hydrogen-bond donors (Lipinski definition) is 1. The van der Waals surface area contributed by atoms with Crippen molar-refractivity contribution in [2.45, 2.75) is 38.5 Å². The van der Waals surface area contributed by atoms with Crippen LogP contribution in [0.5, 0.6) is 0 Å². The van der Waals surface area contributed by atoms with Gasteiger partial charge in [0.05, 0.1) is 0 Å². The van der Waals surface area contributed by atoms with Crippen molar-refractivity contribution < 1.29 is 4.79 Å². The molecule has 2 aromatic heterocycles. The minimum absolute atomic E-state index is 0.207. The molecular weight excluding hydrogens is 252 g/mol. The van der Waals surface area contributed by atoms with Gasteiger partial charge in [0.2, 0.25) is 5.91 Å². The van der Waals surface area contributed by atoms with Gasteiger partial charge in [0.15, 0.2) is 5.65 Å². The number of nitrogens with one attached hydrogen (secondary N) is 1. The summed E-state index contributed by atoms with van der Waals surface area (Å²) >= 11 is 0. The molecule has 0 saturated heterocycles. The van der Waals surface area contributed by atoms with E-state index in [0.717, 1.165) is 24.3 Å². The number of amides is 1. The van der Waals surface area contributed by atoms with Gasteiger partial charge in [-0.2, -0.15) is 0 Å². The van der Waals surface area contributed by atoms with Crippen LogP contribution in [0.1, 0.15) is 37.9 Å². The van der Waals surface area contributed by atoms with E-state index in [1.807, 2.05) is 28.8 Å². The molecule has 1 fully saturated rings. The fourth-order valence-electron chi connectivity index (χ4n) is 2.87. The molecule has 1 amide bonds. The van der Waals surface area contributed by atoms with Crippen molar-refractivity contribution in [1.29, 1.82) is 0 Å². The van der Waals surface area contributed by atoms with E-state index in [9.17, 15) is 4.79 Å². The van der Waals surface area contributed by atoms with Crippen LogP contribution in [0, 0.1) is 5.92 Å². The fraction of sp³-hybridized carbons (Fsp3) is 0.533. The third-order valence-electron chi connectivity index (χ3n) is 4.01. The van der Waals surface area contributed by atoms with Gasteiger partial charge in [-0.3, -0.25) is 9.20 Å². The summed E-state index contributed by atoms with van der Waals surface area (Å²) in [5.41, 5.74) is 0.848. The van der Waals surface area contributed by atoms with E-state index in [4.69, 9.17) is 0 Å².